The molecule has 2 aromatic heterocycles. The highest BCUT2D eigenvalue weighted by Crippen LogP contribution is 2.22. The molecule has 0 aliphatic rings. The van der Waals surface area contributed by atoms with Crippen LogP contribution in [-0.4, -0.2) is 20.7 Å². The first kappa shape index (κ1) is 12.6. The Morgan fingerprint density at radius 2 is 2.09 bits per heavy atom. The zero-order chi connectivity index (χ0) is 15.1. The van der Waals surface area contributed by atoms with Crippen molar-refractivity contribution < 1.29 is 4.79 Å². The molecule has 0 radical (unpaired) electrons. The predicted molar refractivity (Wildman–Crippen MR) is 87.0 cm³/mol. The van der Waals surface area contributed by atoms with Crippen LogP contribution in [0.2, 0.25) is 0 Å². The van der Waals surface area contributed by atoms with E-state index in [2.05, 4.69) is 15.5 Å². The Morgan fingerprint density at radius 1 is 1.23 bits per heavy atom. The van der Waals surface area contributed by atoms with Crippen molar-refractivity contribution in [3.8, 4) is 0 Å². The lowest BCUT2D eigenvalue weighted by Crippen LogP contribution is -2.11. The molecule has 0 spiro atoms. The number of nitrogens with zero attached hydrogens (tertiary/aromatic N) is 2. The zero-order valence-electron chi connectivity index (χ0n) is 12.0. The number of aryl methyl sites for hydroxylation is 1. The van der Waals surface area contributed by atoms with Gasteiger partial charge in [-0.05, 0) is 24.3 Å². The number of aromatic amines is 1. The second-order valence-corrected chi connectivity index (χ2v) is 5.30. The van der Waals surface area contributed by atoms with Crippen LogP contribution in [0.15, 0.2) is 54.9 Å². The Kier molecular flexibility index (Phi) is 2.72. The van der Waals surface area contributed by atoms with Gasteiger partial charge >= 0.3 is 0 Å². The van der Waals surface area contributed by atoms with Crippen LogP contribution in [0.4, 0.5) is 5.69 Å². The number of rotatable bonds is 2. The number of aromatic nitrogens is 3. The first-order valence-corrected chi connectivity index (χ1v) is 7.01. The molecular weight excluding hydrogens is 276 g/mol. The van der Waals surface area contributed by atoms with E-state index in [1.807, 2.05) is 60.3 Å². The fourth-order valence-electron chi connectivity index (χ4n) is 2.74. The molecule has 0 bridgehead atoms. The Bertz CT molecular complexity index is 996. The second kappa shape index (κ2) is 4.73. The summed E-state index contributed by atoms with van der Waals surface area (Å²) in [6, 6.07) is 13.6. The van der Waals surface area contributed by atoms with Gasteiger partial charge in [-0.3, -0.25) is 9.89 Å². The number of hydrogen-bond donors (Lipinski definition) is 2. The molecule has 2 N–H and O–H groups in total. The first-order chi connectivity index (χ1) is 10.7. The lowest BCUT2D eigenvalue weighted by Gasteiger charge is -2.04. The maximum atomic E-state index is 12.6. The molecule has 1 amide bonds. The molecule has 0 fully saturated rings. The summed E-state index contributed by atoms with van der Waals surface area (Å²) >= 11 is 0. The van der Waals surface area contributed by atoms with Crippen LogP contribution in [0.25, 0.3) is 21.8 Å². The van der Waals surface area contributed by atoms with Crippen LogP contribution in [0.5, 0.6) is 0 Å². The summed E-state index contributed by atoms with van der Waals surface area (Å²) in [5.41, 5.74) is 3.35. The minimum Gasteiger partial charge on any atom is -0.350 e. The summed E-state index contributed by atoms with van der Waals surface area (Å²) in [6.45, 7) is 0. The molecule has 4 aromatic rings. The van der Waals surface area contributed by atoms with Crippen molar-refractivity contribution in [2.75, 3.05) is 5.32 Å². The van der Waals surface area contributed by atoms with Crippen LogP contribution in [0.3, 0.4) is 0 Å². The largest absolute Gasteiger partial charge is 0.350 e. The average Bonchev–Trinajstić information content (AvgIpc) is 3.12. The first-order valence-electron chi connectivity index (χ1n) is 7.01. The van der Waals surface area contributed by atoms with Crippen molar-refractivity contribution in [1.82, 2.24) is 14.8 Å². The molecule has 4 rings (SSSR count). The Morgan fingerprint density at radius 3 is 3.00 bits per heavy atom. The third-order valence-electron chi connectivity index (χ3n) is 3.84. The van der Waals surface area contributed by atoms with Gasteiger partial charge in [-0.15, -0.1) is 0 Å². The highest BCUT2D eigenvalue weighted by atomic mass is 16.1. The quantitative estimate of drug-likeness (QED) is 0.595. The molecule has 0 aliphatic heterocycles. The lowest BCUT2D eigenvalue weighted by molar-refractivity contribution is 0.102. The Balaban J connectivity index is 1.71. The molecule has 22 heavy (non-hydrogen) atoms. The predicted octanol–water partition coefficient (Wildman–Crippen LogP) is 3.31. The monoisotopic (exact) mass is 290 g/mol. The van der Waals surface area contributed by atoms with Gasteiger partial charge in [0.1, 0.15) is 0 Å². The number of anilines is 1. The number of carbonyl (C=O) groups is 1. The summed E-state index contributed by atoms with van der Waals surface area (Å²) in [5.74, 6) is -0.115. The van der Waals surface area contributed by atoms with E-state index in [-0.39, 0.29) is 5.91 Å². The maximum Gasteiger partial charge on any atom is 0.257 e. The van der Waals surface area contributed by atoms with E-state index in [1.54, 1.807) is 6.20 Å². The van der Waals surface area contributed by atoms with Gasteiger partial charge in [0.25, 0.3) is 5.91 Å². The van der Waals surface area contributed by atoms with Gasteiger partial charge in [-0.25, -0.2) is 0 Å². The van der Waals surface area contributed by atoms with E-state index in [0.717, 1.165) is 27.5 Å². The SMILES string of the molecule is Cn1cc(C(=O)Nc2ccc3cn[nH]c3c2)c2ccccc21. The van der Waals surface area contributed by atoms with Gasteiger partial charge in [-0.1, -0.05) is 18.2 Å². The van der Waals surface area contributed by atoms with E-state index in [0.29, 0.717) is 5.56 Å². The molecule has 2 heterocycles. The van der Waals surface area contributed by atoms with Gasteiger partial charge in [-0.2, -0.15) is 5.10 Å². The molecule has 0 saturated carbocycles. The topological polar surface area (TPSA) is 62.7 Å². The number of H-pyrrole nitrogens is 1. The number of hydrogen-bond acceptors (Lipinski definition) is 2. The summed E-state index contributed by atoms with van der Waals surface area (Å²) in [5, 5.41) is 11.8. The fourth-order valence-corrected chi connectivity index (χ4v) is 2.74. The maximum absolute atomic E-state index is 12.6. The molecule has 5 nitrogen and oxygen atoms in total. The molecule has 0 unspecified atom stereocenters. The number of para-hydroxylation sites is 1. The van der Waals surface area contributed by atoms with Gasteiger partial charge < -0.3 is 9.88 Å². The van der Waals surface area contributed by atoms with E-state index in [4.69, 9.17) is 0 Å². The third kappa shape index (κ3) is 1.95. The third-order valence-corrected chi connectivity index (χ3v) is 3.84. The van der Waals surface area contributed by atoms with Crippen LogP contribution in [-0.2, 0) is 7.05 Å². The molecule has 108 valence electrons. The normalized spacial score (nSPS) is 11.1. The van der Waals surface area contributed by atoms with Gasteiger partial charge in [0, 0.05) is 35.2 Å². The standard InChI is InChI=1S/C17H14N4O/c1-21-10-14(13-4-2-3-5-16(13)21)17(22)19-12-7-6-11-9-18-20-15(11)8-12/h2-10H,1H3,(H,18,20)(H,19,22). The molecular formula is C17H14N4O. The van der Waals surface area contributed by atoms with Crippen molar-refractivity contribution in [2.45, 2.75) is 0 Å². The zero-order valence-corrected chi connectivity index (χ0v) is 12.0. The Labute approximate surface area is 126 Å². The summed E-state index contributed by atoms with van der Waals surface area (Å²) < 4.78 is 1.96. The minimum atomic E-state index is -0.115. The van der Waals surface area contributed by atoms with E-state index in [9.17, 15) is 4.79 Å². The average molecular weight is 290 g/mol. The van der Waals surface area contributed by atoms with Crippen molar-refractivity contribution in [3.63, 3.8) is 0 Å². The van der Waals surface area contributed by atoms with Gasteiger partial charge in [0.05, 0.1) is 17.3 Å². The van der Waals surface area contributed by atoms with E-state index >= 15 is 0 Å². The molecule has 0 atom stereocenters. The lowest BCUT2D eigenvalue weighted by atomic mass is 10.1. The molecule has 0 aliphatic carbocycles. The van der Waals surface area contributed by atoms with Crippen LogP contribution in [0.1, 0.15) is 10.4 Å². The minimum absolute atomic E-state index is 0.115. The van der Waals surface area contributed by atoms with Crippen LogP contribution >= 0.6 is 0 Å². The summed E-state index contributed by atoms with van der Waals surface area (Å²) in [4.78, 5) is 12.6. The summed E-state index contributed by atoms with van der Waals surface area (Å²) in [6.07, 6.45) is 3.61. The summed E-state index contributed by atoms with van der Waals surface area (Å²) in [7, 11) is 1.94. The van der Waals surface area contributed by atoms with Crippen LogP contribution in [0, 0.1) is 0 Å². The van der Waals surface area contributed by atoms with Crippen molar-refractivity contribution in [1.29, 1.82) is 0 Å². The smallest absolute Gasteiger partial charge is 0.257 e. The van der Waals surface area contributed by atoms with Crippen LogP contribution < -0.4 is 5.32 Å². The van der Waals surface area contributed by atoms with E-state index in [1.165, 1.54) is 0 Å². The highest BCUT2D eigenvalue weighted by Gasteiger charge is 2.13. The highest BCUT2D eigenvalue weighted by molar-refractivity contribution is 6.13. The Hall–Kier alpha value is -3.08. The molecule has 0 saturated heterocycles. The van der Waals surface area contributed by atoms with Crippen molar-refractivity contribution >= 4 is 33.4 Å². The second-order valence-electron chi connectivity index (χ2n) is 5.30. The number of nitrogens with one attached hydrogen (secondary N) is 2. The number of benzene rings is 2. The molecule has 5 heteroatoms. The number of fused-ring (bicyclic) bond motifs is 2. The van der Waals surface area contributed by atoms with Crippen molar-refractivity contribution in [3.05, 3.63) is 60.4 Å². The van der Waals surface area contributed by atoms with Crippen molar-refractivity contribution in [2.24, 2.45) is 7.05 Å². The molecule has 2 aromatic carbocycles. The van der Waals surface area contributed by atoms with Gasteiger partial charge in [0.15, 0.2) is 0 Å². The number of carbonyl (C=O) groups excluding carboxylic acids is 1. The van der Waals surface area contributed by atoms with Gasteiger partial charge in [0.2, 0.25) is 0 Å². The number of amides is 1. The fraction of sp³-hybridized carbons (Fsp3) is 0.0588. The van der Waals surface area contributed by atoms with E-state index < -0.39 is 0 Å².